The number of allylic oxidation sites excluding steroid dienone is 1. The van der Waals surface area contributed by atoms with Crippen LogP contribution in [0.2, 0.25) is 0 Å². The van der Waals surface area contributed by atoms with E-state index in [1.54, 1.807) is 40.1 Å². The summed E-state index contributed by atoms with van der Waals surface area (Å²) in [5, 5.41) is 0. The van der Waals surface area contributed by atoms with Gasteiger partial charge >= 0.3 is 5.97 Å². The first-order valence-corrected chi connectivity index (χ1v) is 8.99. The molecule has 2 aliphatic rings. The summed E-state index contributed by atoms with van der Waals surface area (Å²) >= 11 is 0. The molecule has 1 saturated heterocycles. The van der Waals surface area contributed by atoms with Crippen molar-refractivity contribution < 1.29 is 19.1 Å². The molecule has 1 aromatic carbocycles. The summed E-state index contributed by atoms with van der Waals surface area (Å²) in [5.74, 6) is 0.453. The molecule has 1 aliphatic heterocycles. The Bertz CT molecular complexity index is 744. The van der Waals surface area contributed by atoms with Crippen LogP contribution in [-0.2, 0) is 9.59 Å². The number of esters is 1. The molecule has 1 saturated carbocycles. The lowest BCUT2D eigenvalue weighted by Gasteiger charge is -2.34. The molecule has 2 amide bonds. The number of ether oxygens (including phenoxy) is 1. The van der Waals surface area contributed by atoms with Crippen LogP contribution in [0.1, 0.15) is 37.0 Å². The predicted octanol–water partition coefficient (Wildman–Crippen LogP) is 2.25. The summed E-state index contributed by atoms with van der Waals surface area (Å²) in [6.45, 7) is 5.40. The normalized spacial score (nSPS) is 17.8. The molecule has 0 unspecified atom stereocenters. The summed E-state index contributed by atoms with van der Waals surface area (Å²) in [7, 11) is 0. The van der Waals surface area contributed by atoms with E-state index in [0.29, 0.717) is 43.4 Å². The van der Waals surface area contributed by atoms with Crippen LogP contribution in [0.3, 0.4) is 0 Å². The zero-order chi connectivity index (χ0) is 18.7. The van der Waals surface area contributed by atoms with Crippen LogP contribution in [0.15, 0.2) is 35.9 Å². The van der Waals surface area contributed by atoms with Crippen LogP contribution in [0.25, 0.3) is 0 Å². The van der Waals surface area contributed by atoms with Gasteiger partial charge in [-0.05, 0) is 43.9 Å². The van der Waals surface area contributed by atoms with E-state index in [1.165, 1.54) is 19.8 Å². The van der Waals surface area contributed by atoms with Gasteiger partial charge in [-0.15, -0.1) is 0 Å². The lowest BCUT2D eigenvalue weighted by molar-refractivity contribution is -0.132. The molecule has 0 atom stereocenters. The Kier molecular flexibility index (Phi) is 5.40. The van der Waals surface area contributed by atoms with Gasteiger partial charge in [0.25, 0.3) is 5.91 Å². The predicted molar refractivity (Wildman–Crippen MR) is 96.7 cm³/mol. The first-order chi connectivity index (χ1) is 12.4. The zero-order valence-corrected chi connectivity index (χ0v) is 15.2. The van der Waals surface area contributed by atoms with Gasteiger partial charge in [0.2, 0.25) is 5.91 Å². The van der Waals surface area contributed by atoms with E-state index < -0.39 is 5.97 Å². The third-order valence-electron chi connectivity index (χ3n) is 4.79. The maximum Gasteiger partial charge on any atom is 0.308 e. The van der Waals surface area contributed by atoms with E-state index in [-0.39, 0.29) is 11.8 Å². The van der Waals surface area contributed by atoms with Crippen LogP contribution in [0.5, 0.6) is 5.75 Å². The number of rotatable bonds is 4. The molecular formula is C20H24N2O4. The molecule has 0 radical (unpaired) electrons. The molecule has 6 heteroatoms. The number of hydrogen-bond donors (Lipinski definition) is 0. The van der Waals surface area contributed by atoms with Gasteiger partial charge in [0.1, 0.15) is 5.75 Å². The Balaban J connectivity index is 1.57. The van der Waals surface area contributed by atoms with E-state index in [1.807, 2.05) is 6.92 Å². The Hall–Kier alpha value is -2.63. The van der Waals surface area contributed by atoms with E-state index in [9.17, 15) is 14.4 Å². The highest BCUT2D eigenvalue weighted by Gasteiger charge is 2.27. The van der Waals surface area contributed by atoms with Crippen LogP contribution in [-0.4, -0.2) is 53.8 Å². The molecule has 1 heterocycles. The molecular weight excluding hydrogens is 332 g/mol. The van der Waals surface area contributed by atoms with Crippen molar-refractivity contribution in [2.24, 2.45) is 5.92 Å². The third kappa shape index (κ3) is 4.50. The second kappa shape index (κ2) is 7.72. The van der Waals surface area contributed by atoms with E-state index in [2.05, 4.69) is 0 Å². The maximum absolute atomic E-state index is 12.7. The average Bonchev–Trinajstić information content (AvgIpc) is 3.46. The fourth-order valence-corrected chi connectivity index (χ4v) is 3.11. The van der Waals surface area contributed by atoms with Crippen molar-refractivity contribution in [2.45, 2.75) is 26.7 Å². The highest BCUT2D eigenvalue weighted by atomic mass is 16.5. The lowest BCUT2D eigenvalue weighted by atomic mass is 10.1. The van der Waals surface area contributed by atoms with Crippen molar-refractivity contribution in [1.29, 1.82) is 0 Å². The van der Waals surface area contributed by atoms with Crippen molar-refractivity contribution in [2.75, 3.05) is 26.2 Å². The SMILES string of the molecule is CC(=O)Oc1cccc(C(=O)N2CCN(C(=O)/C=C(\C)C3CC3)CC2)c1. The smallest absolute Gasteiger partial charge is 0.308 e. The highest BCUT2D eigenvalue weighted by molar-refractivity contribution is 5.95. The van der Waals surface area contributed by atoms with Crippen LogP contribution in [0, 0.1) is 5.92 Å². The number of hydrogen-bond acceptors (Lipinski definition) is 4. The quantitative estimate of drug-likeness (QED) is 0.471. The van der Waals surface area contributed by atoms with E-state index >= 15 is 0 Å². The highest BCUT2D eigenvalue weighted by Crippen LogP contribution is 2.36. The van der Waals surface area contributed by atoms with E-state index in [4.69, 9.17) is 4.74 Å². The summed E-state index contributed by atoms with van der Waals surface area (Å²) in [4.78, 5) is 39.6. The molecule has 3 rings (SSSR count). The van der Waals surface area contributed by atoms with Crippen molar-refractivity contribution in [3.8, 4) is 5.75 Å². The molecule has 0 N–H and O–H groups in total. The molecule has 1 aliphatic carbocycles. The summed E-state index contributed by atoms with van der Waals surface area (Å²) in [6, 6.07) is 6.61. The minimum absolute atomic E-state index is 0.0401. The Morgan fingerprint density at radius 2 is 1.69 bits per heavy atom. The van der Waals surface area contributed by atoms with Gasteiger partial charge in [-0.2, -0.15) is 0 Å². The maximum atomic E-state index is 12.7. The summed E-state index contributed by atoms with van der Waals surface area (Å²) in [6.07, 6.45) is 4.12. The Morgan fingerprint density at radius 1 is 1.04 bits per heavy atom. The van der Waals surface area contributed by atoms with Gasteiger partial charge in [0.05, 0.1) is 0 Å². The molecule has 138 valence electrons. The number of piperazine rings is 1. The lowest BCUT2D eigenvalue weighted by Crippen LogP contribution is -2.50. The van der Waals surface area contributed by atoms with Gasteiger partial charge in [0.15, 0.2) is 0 Å². The van der Waals surface area contributed by atoms with Crippen molar-refractivity contribution >= 4 is 17.8 Å². The zero-order valence-electron chi connectivity index (χ0n) is 15.2. The Labute approximate surface area is 153 Å². The van der Waals surface area contributed by atoms with Gasteiger partial charge in [0, 0.05) is 44.7 Å². The number of amides is 2. The summed E-state index contributed by atoms with van der Waals surface area (Å²) < 4.78 is 5.03. The average molecular weight is 356 g/mol. The summed E-state index contributed by atoms with van der Waals surface area (Å²) in [5.41, 5.74) is 1.64. The molecule has 0 aromatic heterocycles. The van der Waals surface area contributed by atoms with Crippen molar-refractivity contribution in [1.82, 2.24) is 9.80 Å². The van der Waals surface area contributed by atoms with Gasteiger partial charge < -0.3 is 14.5 Å². The molecule has 0 bridgehead atoms. The van der Waals surface area contributed by atoms with Crippen molar-refractivity contribution in [3.63, 3.8) is 0 Å². The first kappa shape index (κ1) is 18.2. The Morgan fingerprint density at radius 3 is 2.31 bits per heavy atom. The fourth-order valence-electron chi connectivity index (χ4n) is 3.11. The number of carbonyl (C=O) groups excluding carboxylic acids is 3. The van der Waals surface area contributed by atoms with Crippen LogP contribution >= 0.6 is 0 Å². The number of carbonyl (C=O) groups is 3. The minimum Gasteiger partial charge on any atom is -0.427 e. The van der Waals surface area contributed by atoms with Gasteiger partial charge in [-0.3, -0.25) is 14.4 Å². The fraction of sp³-hybridized carbons (Fsp3) is 0.450. The topological polar surface area (TPSA) is 66.9 Å². The molecule has 1 aromatic rings. The monoisotopic (exact) mass is 356 g/mol. The second-order valence-electron chi connectivity index (χ2n) is 6.90. The largest absolute Gasteiger partial charge is 0.427 e. The second-order valence-corrected chi connectivity index (χ2v) is 6.90. The van der Waals surface area contributed by atoms with E-state index in [0.717, 1.165) is 5.57 Å². The standard InChI is InChI=1S/C20H24N2O4/c1-14(16-6-7-16)12-19(24)21-8-10-22(11-9-21)20(25)17-4-3-5-18(13-17)26-15(2)23/h3-5,12-13,16H,6-11H2,1-2H3/b14-12+. The van der Waals surface area contributed by atoms with Crippen molar-refractivity contribution in [3.05, 3.63) is 41.5 Å². The van der Waals surface area contributed by atoms with Crippen LogP contribution in [0.4, 0.5) is 0 Å². The number of benzene rings is 1. The van der Waals surface area contributed by atoms with Gasteiger partial charge in [-0.25, -0.2) is 0 Å². The third-order valence-corrected chi connectivity index (χ3v) is 4.79. The van der Waals surface area contributed by atoms with Crippen LogP contribution < -0.4 is 4.74 Å². The van der Waals surface area contributed by atoms with Gasteiger partial charge in [-0.1, -0.05) is 11.6 Å². The molecule has 6 nitrogen and oxygen atoms in total. The first-order valence-electron chi connectivity index (χ1n) is 8.99. The number of nitrogens with zero attached hydrogens (tertiary/aromatic N) is 2. The molecule has 2 fully saturated rings. The molecule has 26 heavy (non-hydrogen) atoms. The molecule has 0 spiro atoms. The minimum atomic E-state index is -0.420.